The fourth-order valence-corrected chi connectivity index (χ4v) is 2.63. The molecule has 2 rings (SSSR count). The molecular formula is C16H19N3O3. The first kappa shape index (κ1) is 15.8. The molecular weight excluding hydrogens is 282 g/mol. The summed E-state index contributed by atoms with van der Waals surface area (Å²) < 4.78 is 0. The molecule has 1 aliphatic heterocycles. The molecule has 2 N–H and O–H groups in total. The summed E-state index contributed by atoms with van der Waals surface area (Å²) in [5.74, 6) is -0.780. The highest BCUT2D eigenvalue weighted by molar-refractivity contribution is 6.02. The predicted octanol–water partition coefficient (Wildman–Crippen LogP) is 1.27. The van der Waals surface area contributed by atoms with Crippen molar-refractivity contribution < 1.29 is 14.4 Å². The Hall–Kier alpha value is -2.63. The van der Waals surface area contributed by atoms with Gasteiger partial charge in [-0.3, -0.25) is 19.7 Å². The van der Waals surface area contributed by atoms with E-state index < -0.39 is 11.9 Å². The molecule has 1 aromatic carbocycles. The van der Waals surface area contributed by atoms with Gasteiger partial charge < -0.3 is 10.2 Å². The first-order chi connectivity index (χ1) is 10.5. The zero-order valence-electron chi connectivity index (χ0n) is 12.7. The highest BCUT2D eigenvalue weighted by Crippen LogP contribution is 2.28. The van der Waals surface area contributed by atoms with Crippen LogP contribution in [0.1, 0.15) is 24.0 Å². The maximum atomic E-state index is 12.0. The molecule has 0 bridgehead atoms. The third kappa shape index (κ3) is 2.86. The monoisotopic (exact) mass is 301 g/mol. The Morgan fingerprint density at radius 3 is 2.77 bits per heavy atom. The summed E-state index contributed by atoms with van der Waals surface area (Å²) in [6.45, 7) is 5.88. The summed E-state index contributed by atoms with van der Waals surface area (Å²) in [5.41, 5.74) is 3.09. The van der Waals surface area contributed by atoms with Gasteiger partial charge in [0.1, 0.15) is 6.04 Å². The van der Waals surface area contributed by atoms with E-state index in [1.54, 1.807) is 0 Å². The molecule has 0 aliphatic carbocycles. The highest BCUT2D eigenvalue weighted by Gasteiger charge is 2.32. The van der Waals surface area contributed by atoms with Gasteiger partial charge in [0, 0.05) is 30.4 Å². The van der Waals surface area contributed by atoms with Crippen molar-refractivity contribution in [3.63, 3.8) is 0 Å². The molecule has 22 heavy (non-hydrogen) atoms. The van der Waals surface area contributed by atoms with Crippen LogP contribution in [0.5, 0.6) is 0 Å². The van der Waals surface area contributed by atoms with Crippen molar-refractivity contribution in [2.24, 2.45) is 0 Å². The molecule has 6 nitrogen and oxygen atoms in total. The Morgan fingerprint density at radius 2 is 2.18 bits per heavy atom. The molecule has 0 aromatic heterocycles. The van der Waals surface area contributed by atoms with Gasteiger partial charge in [0.15, 0.2) is 0 Å². The third-order valence-electron chi connectivity index (χ3n) is 3.89. The fraction of sp³-hybridized carbons (Fsp3) is 0.312. The van der Waals surface area contributed by atoms with Crippen LogP contribution < -0.4 is 10.6 Å². The van der Waals surface area contributed by atoms with Crippen LogP contribution in [-0.4, -0.2) is 36.2 Å². The largest absolute Gasteiger partial charge is 0.388 e. The summed E-state index contributed by atoms with van der Waals surface area (Å²) in [7, 11) is 1.81. The van der Waals surface area contributed by atoms with E-state index in [0.29, 0.717) is 18.5 Å². The average Bonchev–Trinajstić information content (AvgIpc) is 2.50. The smallest absolute Gasteiger partial charge is 0.249 e. The maximum Gasteiger partial charge on any atom is 0.249 e. The number of benzene rings is 1. The topological polar surface area (TPSA) is 78.5 Å². The zero-order valence-corrected chi connectivity index (χ0v) is 12.7. The average molecular weight is 301 g/mol. The lowest BCUT2D eigenvalue weighted by atomic mass is 10.00. The number of rotatable bonds is 5. The molecule has 3 amide bonds. The highest BCUT2D eigenvalue weighted by atomic mass is 16.2. The lowest BCUT2D eigenvalue weighted by Gasteiger charge is -2.31. The van der Waals surface area contributed by atoms with Gasteiger partial charge >= 0.3 is 0 Å². The van der Waals surface area contributed by atoms with E-state index in [1.165, 1.54) is 4.90 Å². The van der Waals surface area contributed by atoms with Crippen molar-refractivity contribution in [1.82, 2.24) is 10.2 Å². The Morgan fingerprint density at radius 1 is 1.45 bits per heavy atom. The number of anilines is 1. The van der Waals surface area contributed by atoms with E-state index in [-0.39, 0.29) is 12.3 Å². The lowest BCUT2D eigenvalue weighted by Crippen LogP contribution is -2.51. The van der Waals surface area contributed by atoms with Crippen LogP contribution in [0.15, 0.2) is 24.8 Å². The van der Waals surface area contributed by atoms with Gasteiger partial charge in [-0.1, -0.05) is 18.7 Å². The molecule has 1 saturated heterocycles. The van der Waals surface area contributed by atoms with Gasteiger partial charge in [0.05, 0.1) is 0 Å². The van der Waals surface area contributed by atoms with Gasteiger partial charge in [0.25, 0.3) is 0 Å². The minimum Gasteiger partial charge on any atom is -0.388 e. The predicted molar refractivity (Wildman–Crippen MR) is 83.8 cm³/mol. The van der Waals surface area contributed by atoms with E-state index in [0.717, 1.165) is 16.8 Å². The molecule has 6 heteroatoms. The van der Waals surface area contributed by atoms with E-state index >= 15 is 0 Å². The number of carbonyl (C=O) groups excluding carboxylic acids is 3. The lowest BCUT2D eigenvalue weighted by molar-refractivity contribution is -0.139. The van der Waals surface area contributed by atoms with Crippen LogP contribution in [0.4, 0.5) is 5.69 Å². The number of hydrogen-bond acceptors (Lipinski definition) is 4. The molecule has 1 aliphatic rings. The second-order valence-electron chi connectivity index (χ2n) is 5.15. The maximum absolute atomic E-state index is 12.0. The van der Waals surface area contributed by atoms with Crippen LogP contribution in [0.2, 0.25) is 0 Å². The summed E-state index contributed by atoms with van der Waals surface area (Å²) >= 11 is 0. The number of piperidine rings is 1. The van der Waals surface area contributed by atoms with Gasteiger partial charge in [-0.15, -0.1) is 0 Å². The van der Waals surface area contributed by atoms with Crippen LogP contribution in [-0.2, 0) is 14.4 Å². The Balaban J connectivity index is 2.32. The molecule has 1 aromatic rings. The van der Waals surface area contributed by atoms with E-state index in [4.69, 9.17) is 0 Å². The number of amides is 3. The fourth-order valence-electron chi connectivity index (χ4n) is 2.63. The Labute approximate surface area is 129 Å². The zero-order chi connectivity index (χ0) is 16.3. The summed E-state index contributed by atoms with van der Waals surface area (Å²) in [6.07, 6.45) is 1.10. The number of hydrogen-bond donors (Lipinski definition) is 2. The molecule has 0 spiro atoms. The van der Waals surface area contributed by atoms with Crippen LogP contribution in [0.25, 0.3) is 5.70 Å². The van der Waals surface area contributed by atoms with Gasteiger partial charge in [-0.2, -0.15) is 0 Å². The van der Waals surface area contributed by atoms with Crippen molar-refractivity contribution in [3.8, 4) is 0 Å². The van der Waals surface area contributed by atoms with Crippen molar-refractivity contribution >= 4 is 29.6 Å². The van der Waals surface area contributed by atoms with Gasteiger partial charge in [-0.05, 0) is 25.0 Å². The second kappa shape index (κ2) is 6.43. The van der Waals surface area contributed by atoms with Gasteiger partial charge in [0.2, 0.25) is 18.2 Å². The van der Waals surface area contributed by atoms with E-state index in [9.17, 15) is 14.4 Å². The number of nitrogens with one attached hydrogen (secondary N) is 2. The standard InChI is InChI=1S/C16H19N3O3/c1-10-12(5-4-6-13(10)17-3)11(2)19(9-20)14-7-8-15(21)18-16(14)22/h4-6,9,14,17H,2,7-8H2,1,3H3,(H,18,21,22). The SMILES string of the molecule is C=C(c1cccc(NC)c1C)N(C=O)C1CCC(=O)NC1=O. The van der Waals surface area contributed by atoms with Crippen molar-refractivity contribution in [2.75, 3.05) is 12.4 Å². The summed E-state index contributed by atoms with van der Waals surface area (Å²) in [4.78, 5) is 36.0. The number of imide groups is 1. The quantitative estimate of drug-likeness (QED) is 0.634. The number of nitrogens with zero attached hydrogens (tertiary/aromatic N) is 1. The van der Waals surface area contributed by atoms with Crippen LogP contribution in [0.3, 0.4) is 0 Å². The Kier molecular flexibility index (Phi) is 4.60. The second-order valence-corrected chi connectivity index (χ2v) is 5.15. The molecule has 1 unspecified atom stereocenters. The normalized spacial score (nSPS) is 17.6. The van der Waals surface area contributed by atoms with Crippen molar-refractivity contribution in [3.05, 3.63) is 35.9 Å². The molecule has 116 valence electrons. The first-order valence-electron chi connectivity index (χ1n) is 7.03. The van der Waals surface area contributed by atoms with Crippen LogP contribution in [0, 0.1) is 6.92 Å². The molecule has 1 heterocycles. The minimum absolute atomic E-state index is 0.212. The number of carbonyl (C=O) groups is 3. The van der Waals surface area contributed by atoms with E-state index in [2.05, 4.69) is 17.2 Å². The summed E-state index contributed by atoms with van der Waals surface area (Å²) in [5, 5.41) is 5.33. The van der Waals surface area contributed by atoms with Crippen molar-refractivity contribution in [1.29, 1.82) is 0 Å². The first-order valence-corrected chi connectivity index (χ1v) is 7.03. The Bertz CT molecular complexity index is 640. The van der Waals surface area contributed by atoms with Crippen molar-refractivity contribution in [2.45, 2.75) is 25.8 Å². The molecule has 1 fully saturated rings. The molecule has 0 saturated carbocycles. The molecule has 0 radical (unpaired) electrons. The molecule has 1 atom stereocenters. The minimum atomic E-state index is -0.708. The third-order valence-corrected chi connectivity index (χ3v) is 3.89. The van der Waals surface area contributed by atoms with Crippen LogP contribution >= 0.6 is 0 Å². The van der Waals surface area contributed by atoms with Gasteiger partial charge in [-0.25, -0.2) is 0 Å². The summed E-state index contributed by atoms with van der Waals surface area (Å²) in [6, 6.07) is 4.91. The van der Waals surface area contributed by atoms with E-state index in [1.807, 2.05) is 32.2 Å².